The number of carbonyl (C=O) groups is 2. The zero-order valence-electron chi connectivity index (χ0n) is 12.3. The maximum Gasteiger partial charge on any atom is 0.433 e. The van der Waals surface area contributed by atoms with E-state index < -0.39 is 12.2 Å². The van der Waals surface area contributed by atoms with Gasteiger partial charge in [-0.3, -0.25) is 9.68 Å². The first-order chi connectivity index (χ1) is 9.40. The average molecular weight is 324 g/mol. The van der Waals surface area contributed by atoms with Crippen molar-refractivity contribution < 1.29 is 19.3 Å². The molecule has 0 aromatic heterocycles. The predicted molar refractivity (Wildman–Crippen MR) is 84.3 cm³/mol. The molecule has 0 atom stereocenters. The minimum Gasteiger partial charge on any atom is -0.323 e. The summed E-state index contributed by atoms with van der Waals surface area (Å²) in [6, 6.07) is 0. The first-order valence-electron chi connectivity index (χ1n) is 5.35. The Labute approximate surface area is 127 Å². The van der Waals surface area contributed by atoms with Crippen molar-refractivity contribution in [1.29, 1.82) is 0 Å². The molecule has 0 saturated heterocycles. The van der Waals surface area contributed by atoms with Crippen molar-refractivity contribution in [3.63, 3.8) is 0 Å². The monoisotopic (exact) mass is 324 g/mol. The lowest BCUT2D eigenvalue weighted by molar-refractivity contribution is 0.152. The minimum atomic E-state index is -0.548. The first kappa shape index (κ1) is 20.9. The molecular weight excluding hydrogens is 304 g/mol. The van der Waals surface area contributed by atoms with Crippen LogP contribution >= 0.6 is 23.5 Å². The highest BCUT2D eigenvalue weighted by Gasteiger charge is 1.95. The zero-order chi connectivity index (χ0) is 16.0. The second kappa shape index (κ2) is 14.0. The van der Waals surface area contributed by atoms with Gasteiger partial charge in [0.25, 0.3) is 0 Å². The van der Waals surface area contributed by atoms with Gasteiger partial charge in [0, 0.05) is 14.1 Å². The van der Waals surface area contributed by atoms with Crippen molar-refractivity contribution in [2.75, 3.05) is 26.6 Å². The lowest BCUT2D eigenvalue weighted by atomic mass is 10.9. The Morgan fingerprint density at radius 1 is 0.850 bits per heavy atom. The number of thioether (sulfide) groups is 2. The Kier molecular flexibility index (Phi) is 14.6. The van der Waals surface area contributed by atoms with Gasteiger partial charge in [0.15, 0.2) is 0 Å². The van der Waals surface area contributed by atoms with Crippen molar-refractivity contribution >= 4 is 45.8 Å². The summed E-state index contributed by atoms with van der Waals surface area (Å²) < 4.78 is 0. The summed E-state index contributed by atoms with van der Waals surface area (Å²) in [5.74, 6) is 0. The molecule has 0 aromatic carbocycles. The zero-order valence-corrected chi connectivity index (χ0v) is 14.0. The fraction of sp³-hybridized carbons (Fsp3) is 0.600. The highest BCUT2D eigenvalue weighted by atomic mass is 32.2. The molecule has 0 fully saturated rings. The van der Waals surface area contributed by atoms with Gasteiger partial charge in [0.05, 0.1) is 0 Å². The molecule has 0 aromatic rings. The second-order valence-corrected chi connectivity index (χ2v) is 4.88. The quantitative estimate of drug-likeness (QED) is 0.349. The largest absolute Gasteiger partial charge is 0.433 e. The molecule has 0 aliphatic rings. The van der Waals surface area contributed by atoms with Crippen LogP contribution in [0.2, 0.25) is 0 Å². The van der Waals surface area contributed by atoms with Gasteiger partial charge in [-0.05, 0) is 26.4 Å². The van der Waals surface area contributed by atoms with Gasteiger partial charge in [-0.25, -0.2) is 9.59 Å². The third-order valence-electron chi connectivity index (χ3n) is 1.51. The molecule has 0 bridgehead atoms. The highest BCUT2D eigenvalue weighted by molar-refractivity contribution is 8.13. The number of nitrogens with one attached hydrogen (secondary N) is 2. The van der Waals surface area contributed by atoms with E-state index in [9.17, 15) is 9.59 Å². The number of oxime groups is 2. The van der Waals surface area contributed by atoms with Crippen molar-refractivity contribution in [3.8, 4) is 0 Å². The van der Waals surface area contributed by atoms with E-state index in [1.165, 1.54) is 37.6 Å². The van der Waals surface area contributed by atoms with E-state index in [0.717, 1.165) is 0 Å². The Morgan fingerprint density at radius 2 is 1.15 bits per heavy atom. The summed E-state index contributed by atoms with van der Waals surface area (Å²) >= 11 is 2.84. The third-order valence-corrected chi connectivity index (χ3v) is 2.84. The Bertz CT molecular complexity index is 327. The van der Waals surface area contributed by atoms with Crippen molar-refractivity contribution in [3.05, 3.63) is 0 Å². The van der Waals surface area contributed by atoms with E-state index in [1.807, 2.05) is 12.5 Å². The van der Waals surface area contributed by atoms with Crippen LogP contribution in [0, 0.1) is 0 Å². The summed E-state index contributed by atoms with van der Waals surface area (Å²) in [6.07, 6.45) is 2.61. The maximum absolute atomic E-state index is 10.4. The van der Waals surface area contributed by atoms with Gasteiger partial charge >= 0.3 is 12.2 Å². The van der Waals surface area contributed by atoms with E-state index in [1.54, 1.807) is 13.8 Å². The molecule has 20 heavy (non-hydrogen) atoms. The van der Waals surface area contributed by atoms with E-state index in [2.05, 4.69) is 30.6 Å². The SMILES string of the molecule is CNC(=O)O/N=C(/C)SC.CNC(=O)O/N=C(/C)SC. The van der Waals surface area contributed by atoms with E-state index in [-0.39, 0.29) is 0 Å². The van der Waals surface area contributed by atoms with Gasteiger partial charge in [0.1, 0.15) is 10.1 Å². The molecule has 0 rings (SSSR count). The highest BCUT2D eigenvalue weighted by Crippen LogP contribution is 1.97. The molecule has 0 aliphatic heterocycles. The van der Waals surface area contributed by atoms with Crippen LogP contribution in [0.1, 0.15) is 13.8 Å². The second-order valence-electron chi connectivity index (χ2n) is 2.89. The maximum atomic E-state index is 10.4. The summed E-state index contributed by atoms with van der Waals surface area (Å²) in [5.41, 5.74) is 0. The fourth-order valence-electron chi connectivity index (χ4n) is 0.377. The topological polar surface area (TPSA) is 101 Å². The van der Waals surface area contributed by atoms with Gasteiger partial charge in [0.2, 0.25) is 0 Å². The van der Waals surface area contributed by atoms with Crippen molar-refractivity contribution in [2.45, 2.75) is 13.8 Å². The summed E-state index contributed by atoms with van der Waals surface area (Å²) in [5, 5.41) is 12.9. The fourth-order valence-corrected chi connectivity index (χ4v) is 0.601. The Balaban J connectivity index is 0. The van der Waals surface area contributed by atoms with Gasteiger partial charge in [-0.2, -0.15) is 0 Å². The lowest BCUT2D eigenvalue weighted by Crippen LogP contribution is -2.16. The average Bonchev–Trinajstić information content (AvgIpc) is 2.49. The smallest absolute Gasteiger partial charge is 0.323 e. The van der Waals surface area contributed by atoms with Crippen LogP contribution in [-0.4, -0.2) is 48.9 Å². The molecule has 2 amide bonds. The molecule has 10 heteroatoms. The van der Waals surface area contributed by atoms with Gasteiger partial charge in [-0.1, -0.05) is 10.3 Å². The van der Waals surface area contributed by atoms with E-state index in [4.69, 9.17) is 0 Å². The number of rotatable bonds is 2. The minimum absolute atomic E-state index is 0.548. The first-order valence-corrected chi connectivity index (χ1v) is 7.80. The lowest BCUT2D eigenvalue weighted by Gasteiger charge is -1.95. The molecular formula is C10H20N4O4S2. The molecule has 0 aliphatic carbocycles. The van der Waals surface area contributed by atoms with E-state index in [0.29, 0.717) is 10.1 Å². The number of hydrogen-bond donors (Lipinski definition) is 2. The van der Waals surface area contributed by atoms with E-state index >= 15 is 0 Å². The van der Waals surface area contributed by atoms with Crippen molar-refractivity contribution in [2.24, 2.45) is 10.3 Å². The van der Waals surface area contributed by atoms with Crippen LogP contribution in [0.5, 0.6) is 0 Å². The molecule has 116 valence electrons. The predicted octanol–water partition coefficient (Wildman–Crippen LogP) is 2.08. The Hall–Kier alpha value is -1.42. The molecule has 0 radical (unpaired) electrons. The molecule has 2 N–H and O–H groups in total. The van der Waals surface area contributed by atoms with Crippen LogP contribution in [0.15, 0.2) is 10.3 Å². The van der Waals surface area contributed by atoms with Gasteiger partial charge in [-0.15, -0.1) is 23.5 Å². The van der Waals surface area contributed by atoms with Crippen LogP contribution < -0.4 is 10.6 Å². The number of nitrogens with zero attached hydrogens (tertiary/aromatic N) is 2. The molecule has 8 nitrogen and oxygen atoms in total. The summed E-state index contributed by atoms with van der Waals surface area (Å²) in [6.45, 7) is 3.52. The van der Waals surface area contributed by atoms with Crippen LogP contribution in [0.25, 0.3) is 0 Å². The number of amides is 2. The summed E-state index contributed by atoms with van der Waals surface area (Å²) in [4.78, 5) is 29.5. The van der Waals surface area contributed by atoms with Crippen molar-refractivity contribution in [1.82, 2.24) is 10.6 Å². The number of hydrogen-bond acceptors (Lipinski definition) is 8. The van der Waals surface area contributed by atoms with Gasteiger partial charge < -0.3 is 10.6 Å². The van der Waals surface area contributed by atoms with Crippen LogP contribution in [-0.2, 0) is 9.68 Å². The standard InChI is InChI=1S/2C5H10N2O2S/c2*1-4(10-3)7-9-5(8)6-2/h2*1-3H3,(H,6,8)/b2*7-4-. The molecule has 0 heterocycles. The molecule has 0 saturated carbocycles. The summed E-state index contributed by atoms with van der Waals surface area (Å²) in [7, 11) is 2.96. The Morgan fingerprint density at radius 3 is 1.35 bits per heavy atom. The normalized spacial score (nSPS) is 10.9. The third kappa shape index (κ3) is 14.6. The molecule has 0 spiro atoms. The molecule has 0 unspecified atom stereocenters. The number of carbonyl (C=O) groups excluding carboxylic acids is 2. The van der Waals surface area contributed by atoms with Crippen LogP contribution in [0.3, 0.4) is 0 Å². The van der Waals surface area contributed by atoms with Crippen LogP contribution in [0.4, 0.5) is 9.59 Å².